The lowest BCUT2D eigenvalue weighted by Crippen LogP contribution is -2.47. The average molecular weight is 342 g/mol. The van der Waals surface area contributed by atoms with E-state index in [-0.39, 0.29) is 29.4 Å². The van der Waals surface area contributed by atoms with Gasteiger partial charge >= 0.3 is 0 Å². The zero-order chi connectivity index (χ0) is 15.7. The molecule has 2 saturated heterocycles. The van der Waals surface area contributed by atoms with E-state index >= 15 is 0 Å². The van der Waals surface area contributed by atoms with E-state index in [1.54, 1.807) is 16.2 Å². The number of carbonyl (C=O) groups is 2. The van der Waals surface area contributed by atoms with Crippen molar-refractivity contribution in [3.63, 3.8) is 0 Å². The first-order valence-electron chi connectivity index (χ1n) is 7.27. The zero-order valence-corrected chi connectivity index (χ0v) is 13.7. The SMILES string of the molecule is O=C(N[C@@H]1CCS(=O)(=O)C1)[C@H]1CCC(=O)N1Cc1cccs1. The first-order valence-corrected chi connectivity index (χ1v) is 9.97. The lowest BCUT2D eigenvalue weighted by molar-refractivity contribution is -0.136. The Hall–Kier alpha value is -1.41. The maximum Gasteiger partial charge on any atom is 0.243 e. The monoisotopic (exact) mass is 342 g/mol. The van der Waals surface area contributed by atoms with Gasteiger partial charge < -0.3 is 10.2 Å². The number of sulfone groups is 1. The molecule has 2 fully saturated rings. The van der Waals surface area contributed by atoms with Crippen LogP contribution in [0.5, 0.6) is 0 Å². The number of likely N-dealkylation sites (tertiary alicyclic amines) is 1. The molecule has 120 valence electrons. The van der Waals surface area contributed by atoms with Crippen molar-refractivity contribution in [2.45, 2.75) is 37.9 Å². The van der Waals surface area contributed by atoms with E-state index in [1.807, 2.05) is 17.5 Å². The first-order chi connectivity index (χ1) is 10.4. The van der Waals surface area contributed by atoms with Crippen LogP contribution < -0.4 is 5.32 Å². The highest BCUT2D eigenvalue weighted by atomic mass is 32.2. The van der Waals surface area contributed by atoms with Crippen molar-refractivity contribution in [1.29, 1.82) is 0 Å². The predicted molar refractivity (Wildman–Crippen MR) is 83.1 cm³/mol. The van der Waals surface area contributed by atoms with Crippen molar-refractivity contribution in [3.8, 4) is 0 Å². The Morgan fingerprint density at radius 1 is 1.41 bits per heavy atom. The van der Waals surface area contributed by atoms with Gasteiger partial charge in [-0.1, -0.05) is 6.07 Å². The second-order valence-corrected chi connectivity index (χ2v) is 9.02. The molecule has 1 N–H and O–H groups in total. The quantitative estimate of drug-likeness (QED) is 0.866. The molecule has 0 aliphatic carbocycles. The van der Waals surface area contributed by atoms with E-state index in [0.29, 0.717) is 25.8 Å². The molecular weight excluding hydrogens is 324 g/mol. The van der Waals surface area contributed by atoms with E-state index in [0.717, 1.165) is 4.88 Å². The minimum atomic E-state index is -3.02. The molecule has 2 aliphatic rings. The van der Waals surface area contributed by atoms with Crippen LogP contribution in [0.25, 0.3) is 0 Å². The first kappa shape index (κ1) is 15.5. The van der Waals surface area contributed by atoms with Gasteiger partial charge in [0.05, 0.1) is 18.1 Å². The minimum Gasteiger partial charge on any atom is -0.351 e. The summed E-state index contributed by atoms with van der Waals surface area (Å²) < 4.78 is 22.9. The molecule has 3 heterocycles. The van der Waals surface area contributed by atoms with Gasteiger partial charge in [0.2, 0.25) is 11.8 Å². The number of nitrogens with zero attached hydrogens (tertiary/aromatic N) is 1. The molecule has 22 heavy (non-hydrogen) atoms. The minimum absolute atomic E-state index is 0.00430. The van der Waals surface area contributed by atoms with Crippen LogP contribution in [-0.4, -0.2) is 48.7 Å². The summed E-state index contributed by atoms with van der Waals surface area (Å²) in [6.07, 6.45) is 1.32. The molecule has 3 rings (SSSR count). The van der Waals surface area contributed by atoms with Crippen LogP contribution in [0.3, 0.4) is 0 Å². The smallest absolute Gasteiger partial charge is 0.243 e. The molecule has 0 spiro atoms. The van der Waals surface area contributed by atoms with Crippen LogP contribution in [0, 0.1) is 0 Å². The molecule has 2 aliphatic heterocycles. The summed E-state index contributed by atoms with van der Waals surface area (Å²) in [4.78, 5) is 27.1. The van der Waals surface area contributed by atoms with Crippen molar-refractivity contribution >= 4 is 33.0 Å². The van der Waals surface area contributed by atoms with Crippen LogP contribution in [-0.2, 0) is 26.0 Å². The van der Waals surface area contributed by atoms with Crippen LogP contribution in [0.1, 0.15) is 24.1 Å². The number of thiophene rings is 1. The van der Waals surface area contributed by atoms with E-state index < -0.39 is 15.9 Å². The molecule has 1 aromatic rings. The largest absolute Gasteiger partial charge is 0.351 e. The van der Waals surface area contributed by atoms with E-state index in [2.05, 4.69) is 5.32 Å². The summed E-state index contributed by atoms with van der Waals surface area (Å²) in [5.41, 5.74) is 0. The van der Waals surface area contributed by atoms with Gasteiger partial charge in [-0.3, -0.25) is 9.59 Å². The molecule has 0 saturated carbocycles. The Morgan fingerprint density at radius 3 is 2.86 bits per heavy atom. The third-order valence-corrected chi connectivity index (χ3v) is 6.75. The average Bonchev–Trinajstić information content (AvgIpc) is 3.14. The standard InChI is InChI=1S/C14H18N2O4S2/c17-13-4-3-12(16(13)8-11-2-1-6-21-11)14(18)15-10-5-7-22(19,20)9-10/h1-2,6,10,12H,3-5,7-9H2,(H,15,18)/t10-,12-/m1/s1. The molecule has 1 aromatic heterocycles. The molecule has 0 bridgehead atoms. The maximum absolute atomic E-state index is 12.4. The predicted octanol–water partition coefficient (Wildman–Crippen LogP) is 0.542. The number of amides is 2. The summed E-state index contributed by atoms with van der Waals surface area (Å²) in [7, 11) is -3.02. The Bertz CT molecular complexity index is 669. The Balaban J connectivity index is 1.64. The van der Waals surface area contributed by atoms with Gasteiger partial charge in [0.25, 0.3) is 0 Å². The van der Waals surface area contributed by atoms with E-state index in [1.165, 1.54) is 0 Å². The second kappa shape index (κ2) is 6.00. The summed E-state index contributed by atoms with van der Waals surface area (Å²) in [6, 6.07) is 3.04. The fraction of sp³-hybridized carbons (Fsp3) is 0.571. The third-order valence-electron chi connectivity index (χ3n) is 4.12. The third kappa shape index (κ3) is 3.33. The fourth-order valence-corrected chi connectivity index (χ4v) is 5.36. The summed E-state index contributed by atoms with van der Waals surface area (Å²) >= 11 is 1.55. The highest BCUT2D eigenvalue weighted by Gasteiger charge is 2.38. The van der Waals surface area contributed by atoms with Gasteiger partial charge in [-0.15, -0.1) is 11.3 Å². The highest BCUT2D eigenvalue weighted by molar-refractivity contribution is 7.91. The van der Waals surface area contributed by atoms with Gasteiger partial charge in [0.15, 0.2) is 9.84 Å². The van der Waals surface area contributed by atoms with Crippen molar-refractivity contribution in [2.75, 3.05) is 11.5 Å². The van der Waals surface area contributed by atoms with Crippen molar-refractivity contribution < 1.29 is 18.0 Å². The molecular formula is C14H18N2O4S2. The van der Waals surface area contributed by atoms with E-state index in [9.17, 15) is 18.0 Å². The normalized spacial score (nSPS) is 27.3. The summed E-state index contributed by atoms with van der Waals surface area (Å²) in [6.45, 7) is 0.442. The topological polar surface area (TPSA) is 83.5 Å². The second-order valence-electron chi connectivity index (χ2n) is 5.76. The Morgan fingerprint density at radius 2 is 2.23 bits per heavy atom. The van der Waals surface area contributed by atoms with E-state index in [4.69, 9.17) is 0 Å². The molecule has 0 aromatic carbocycles. The van der Waals surface area contributed by atoms with Gasteiger partial charge in [-0.2, -0.15) is 0 Å². The fourth-order valence-electron chi connectivity index (χ4n) is 2.98. The number of carbonyl (C=O) groups excluding carboxylic acids is 2. The van der Waals surface area contributed by atoms with Crippen molar-refractivity contribution in [3.05, 3.63) is 22.4 Å². The number of rotatable bonds is 4. The Labute approximate surface area is 133 Å². The molecule has 0 unspecified atom stereocenters. The lowest BCUT2D eigenvalue weighted by Gasteiger charge is -2.24. The van der Waals surface area contributed by atoms with Crippen LogP contribution in [0.2, 0.25) is 0 Å². The van der Waals surface area contributed by atoms with Gasteiger partial charge in [-0.25, -0.2) is 8.42 Å². The number of nitrogens with one attached hydrogen (secondary N) is 1. The van der Waals surface area contributed by atoms with Crippen LogP contribution >= 0.6 is 11.3 Å². The number of hydrogen-bond donors (Lipinski definition) is 1. The maximum atomic E-state index is 12.4. The molecule has 0 radical (unpaired) electrons. The molecule has 2 amide bonds. The van der Waals surface area contributed by atoms with Crippen molar-refractivity contribution in [1.82, 2.24) is 10.2 Å². The molecule has 2 atom stereocenters. The van der Waals surface area contributed by atoms with Gasteiger partial charge in [0.1, 0.15) is 6.04 Å². The lowest BCUT2D eigenvalue weighted by atomic mass is 10.1. The molecule has 6 nitrogen and oxygen atoms in total. The van der Waals surface area contributed by atoms with Crippen LogP contribution in [0.15, 0.2) is 17.5 Å². The Kier molecular flexibility index (Phi) is 4.22. The summed E-state index contributed by atoms with van der Waals surface area (Å²) in [5.74, 6) is -0.123. The van der Waals surface area contributed by atoms with Crippen LogP contribution in [0.4, 0.5) is 0 Å². The zero-order valence-electron chi connectivity index (χ0n) is 12.0. The van der Waals surface area contributed by atoms with Crippen molar-refractivity contribution in [2.24, 2.45) is 0 Å². The summed E-state index contributed by atoms with van der Waals surface area (Å²) in [5, 5.41) is 4.74. The highest BCUT2D eigenvalue weighted by Crippen LogP contribution is 2.24. The van der Waals surface area contributed by atoms with Gasteiger partial charge in [0, 0.05) is 17.3 Å². The van der Waals surface area contributed by atoms with Gasteiger partial charge in [-0.05, 0) is 24.3 Å². The molecule has 8 heteroatoms. The number of hydrogen-bond acceptors (Lipinski definition) is 5.